The topological polar surface area (TPSA) is 58.1 Å². The van der Waals surface area contributed by atoms with E-state index in [4.69, 9.17) is 0 Å². The molecule has 2 heterocycles. The van der Waals surface area contributed by atoms with Gasteiger partial charge in [-0.3, -0.25) is 4.79 Å². The number of nitrogens with zero attached hydrogens (tertiary/aromatic N) is 3. The first kappa shape index (κ1) is 17.2. The molecule has 1 aliphatic heterocycles. The van der Waals surface area contributed by atoms with Gasteiger partial charge in [-0.1, -0.05) is 48.0 Å². The van der Waals surface area contributed by atoms with Gasteiger partial charge in [0.05, 0.1) is 12.4 Å². The second kappa shape index (κ2) is 7.19. The number of benzene rings is 2. The number of aromatic nitrogens is 2. The van der Waals surface area contributed by atoms with Crippen LogP contribution in [0.5, 0.6) is 0 Å². The zero-order chi connectivity index (χ0) is 18.8. The number of carbonyl (C=O) groups excluding carboxylic acids is 1. The Morgan fingerprint density at radius 1 is 1.15 bits per heavy atom. The smallest absolute Gasteiger partial charge is 0.271 e. The predicted octanol–water partition coefficient (Wildman–Crippen LogP) is 3.80. The largest absolute Gasteiger partial charge is 0.347 e. The number of fused-ring (bicyclic) bond motifs is 1. The van der Waals surface area contributed by atoms with Crippen LogP contribution in [-0.4, -0.2) is 21.9 Å². The molecule has 27 heavy (non-hydrogen) atoms. The summed E-state index contributed by atoms with van der Waals surface area (Å²) in [6.45, 7) is 4.68. The molecule has 3 aromatic rings. The van der Waals surface area contributed by atoms with Crippen LogP contribution >= 0.6 is 0 Å². The van der Waals surface area contributed by atoms with Crippen molar-refractivity contribution in [1.29, 1.82) is 0 Å². The number of para-hydroxylation sites is 1. The zero-order valence-electron chi connectivity index (χ0n) is 15.5. The maximum Gasteiger partial charge on any atom is 0.271 e. The molecular weight excluding hydrogens is 336 g/mol. The van der Waals surface area contributed by atoms with Gasteiger partial charge in [-0.15, -0.1) is 0 Å². The van der Waals surface area contributed by atoms with Crippen molar-refractivity contribution in [1.82, 2.24) is 15.3 Å². The van der Waals surface area contributed by atoms with Gasteiger partial charge in [0, 0.05) is 18.3 Å². The Kier molecular flexibility index (Phi) is 4.59. The predicted molar refractivity (Wildman–Crippen MR) is 106 cm³/mol. The lowest BCUT2D eigenvalue weighted by Crippen LogP contribution is -2.26. The lowest BCUT2D eigenvalue weighted by Gasteiger charge is -2.23. The number of carbonyl (C=O) groups is 1. The first-order valence-electron chi connectivity index (χ1n) is 9.15. The van der Waals surface area contributed by atoms with Crippen molar-refractivity contribution < 1.29 is 4.79 Å². The van der Waals surface area contributed by atoms with E-state index in [9.17, 15) is 4.79 Å². The first-order valence-corrected chi connectivity index (χ1v) is 9.15. The molecule has 1 amide bonds. The van der Waals surface area contributed by atoms with Crippen LogP contribution in [-0.2, 0) is 13.0 Å². The summed E-state index contributed by atoms with van der Waals surface area (Å²) in [6, 6.07) is 16.7. The van der Waals surface area contributed by atoms with Crippen molar-refractivity contribution in [2.24, 2.45) is 0 Å². The second-order valence-electron chi connectivity index (χ2n) is 6.98. The molecular formula is C22H22N4O. The third kappa shape index (κ3) is 3.53. The van der Waals surface area contributed by atoms with Crippen LogP contribution in [0.2, 0.25) is 0 Å². The van der Waals surface area contributed by atoms with E-state index in [1.165, 1.54) is 11.1 Å². The third-order valence-corrected chi connectivity index (χ3v) is 4.86. The van der Waals surface area contributed by atoms with E-state index in [-0.39, 0.29) is 5.91 Å². The second-order valence-corrected chi connectivity index (χ2v) is 6.98. The molecule has 1 aliphatic rings. The highest BCUT2D eigenvalue weighted by Crippen LogP contribution is 2.36. The van der Waals surface area contributed by atoms with Crippen LogP contribution in [0.1, 0.15) is 34.1 Å². The Morgan fingerprint density at radius 3 is 2.78 bits per heavy atom. The molecule has 136 valence electrons. The normalized spacial score (nSPS) is 15.5. The Morgan fingerprint density at radius 2 is 2.00 bits per heavy atom. The summed E-state index contributed by atoms with van der Waals surface area (Å²) < 4.78 is 0. The number of anilines is 2. The van der Waals surface area contributed by atoms with Gasteiger partial charge in [0.15, 0.2) is 5.82 Å². The van der Waals surface area contributed by atoms with Crippen molar-refractivity contribution in [2.75, 3.05) is 4.90 Å². The SMILES string of the molecule is Cc1cccc(CNC(=O)c2cnc(N3c4ccccc4CC3C)cn2)c1. The molecule has 1 unspecified atom stereocenters. The maximum atomic E-state index is 12.4. The van der Waals surface area contributed by atoms with Gasteiger partial charge < -0.3 is 10.2 Å². The highest BCUT2D eigenvalue weighted by atomic mass is 16.1. The van der Waals surface area contributed by atoms with E-state index in [1.807, 2.05) is 31.2 Å². The quantitative estimate of drug-likeness (QED) is 0.771. The molecule has 0 aliphatic carbocycles. The average Bonchev–Trinajstić information content (AvgIpc) is 3.02. The van der Waals surface area contributed by atoms with E-state index in [0.29, 0.717) is 18.3 Å². The van der Waals surface area contributed by atoms with Crippen molar-refractivity contribution in [3.63, 3.8) is 0 Å². The third-order valence-electron chi connectivity index (χ3n) is 4.86. The Balaban J connectivity index is 1.47. The van der Waals surface area contributed by atoms with Crippen LogP contribution in [0.3, 0.4) is 0 Å². The number of amides is 1. The molecule has 5 heteroatoms. The van der Waals surface area contributed by atoms with Crippen LogP contribution < -0.4 is 10.2 Å². The molecule has 0 spiro atoms. The summed E-state index contributed by atoms with van der Waals surface area (Å²) in [5.74, 6) is 0.549. The monoisotopic (exact) mass is 358 g/mol. The van der Waals surface area contributed by atoms with E-state index in [0.717, 1.165) is 23.5 Å². The molecule has 5 nitrogen and oxygen atoms in total. The summed E-state index contributed by atoms with van der Waals surface area (Å²) in [4.78, 5) is 23.4. The van der Waals surface area contributed by atoms with Gasteiger partial charge in [-0.25, -0.2) is 9.97 Å². The molecule has 1 N–H and O–H groups in total. The van der Waals surface area contributed by atoms with Gasteiger partial charge in [0.25, 0.3) is 5.91 Å². The lowest BCUT2D eigenvalue weighted by atomic mass is 10.1. The molecule has 0 bridgehead atoms. The maximum absolute atomic E-state index is 12.4. The molecule has 2 aromatic carbocycles. The van der Waals surface area contributed by atoms with Crippen molar-refractivity contribution in [3.05, 3.63) is 83.3 Å². The molecule has 1 aromatic heterocycles. The van der Waals surface area contributed by atoms with E-state index in [1.54, 1.807) is 12.4 Å². The van der Waals surface area contributed by atoms with Crippen molar-refractivity contribution in [2.45, 2.75) is 32.9 Å². The van der Waals surface area contributed by atoms with Gasteiger partial charge in [-0.2, -0.15) is 0 Å². The Hall–Kier alpha value is -3.21. The molecule has 1 atom stereocenters. The molecule has 0 radical (unpaired) electrons. The fraction of sp³-hybridized carbons (Fsp3) is 0.227. The van der Waals surface area contributed by atoms with Crippen molar-refractivity contribution in [3.8, 4) is 0 Å². The summed E-state index contributed by atoms with van der Waals surface area (Å²) in [5.41, 5.74) is 5.04. The van der Waals surface area contributed by atoms with Gasteiger partial charge in [0.1, 0.15) is 5.69 Å². The highest BCUT2D eigenvalue weighted by molar-refractivity contribution is 5.92. The van der Waals surface area contributed by atoms with Crippen LogP contribution in [0.15, 0.2) is 60.9 Å². The van der Waals surface area contributed by atoms with Crippen LogP contribution in [0.4, 0.5) is 11.5 Å². The molecule has 0 fully saturated rings. The minimum Gasteiger partial charge on any atom is -0.347 e. The minimum absolute atomic E-state index is 0.217. The van der Waals surface area contributed by atoms with E-state index < -0.39 is 0 Å². The Bertz CT molecular complexity index is 968. The number of rotatable bonds is 4. The Labute approximate surface area is 159 Å². The zero-order valence-corrected chi connectivity index (χ0v) is 15.5. The highest BCUT2D eigenvalue weighted by Gasteiger charge is 2.27. The molecule has 4 rings (SSSR count). The number of hydrogen-bond acceptors (Lipinski definition) is 4. The van der Waals surface area contributed by atoms with Gasteiger partial charge >= 0.3 is 0 Å². The molecule has 0 saturated heterocycles. The average molecular weight is 358 g/mol. The fourth-order valence-electron chi connectivity index (χ4n) is 3.57. The van der Waals surface area contributed by atoms with E-state index >= 15 is 0 Å². The summed E-state index contributed by atoms with van der Waals surface area (Å²) in [5, 5.41) is 2.90. The number of aryl methyl sites for hydroxylation is 1. The summed E-state index contributed by atoms with van der Waals surface area (Å²) >= 11 is 0. The number of hydrogen-bond donors (Lipinski definition) is 1. The number of nitrogens with one attached hydrogen (secondary N) is 1. The fourth-order valence-corrected chi connectivity index (χ4v) is 3.57. The van der Waals surface area contributed by atoms with Crippen LogP contribution in [0.25, 0.3) is 0 Å². The van der Waals surface area contributed by atoms with Crippen molar-refractivity contribution >= 4 is 17.4 Å². The summed E-state index contributed by atoms with van der Waals surface area (Å²) in [7, 11) is 0. The van der Waals surface area contributed by atoms with Crippen LogP contribution in [0, 0.1) is 6.92 Å². The van der Waals surface area contributed by atoms with E-state index in [2.05, 4.69) is 51.4 Å². The standard InChI is InChI=1S/C22H22N4O/c1-15-6-5-7-17(10-15)12-25-22(27)19-13-24-21(14-23-19)26-16(2)11-18-8-3-4-9-20(18)26/h3-10,13-14,16H,11-12H2,1-2H3,(H,25,27). The first-order chi connectivity index (χ1) is 13.1. The van der Waals surface area contributed by atoms with Gasteiger partial charge in [0.2, 0.25) is 0 Å². The minimum atomic E-state index is -0.217. The van der Waals surface area contributed by atoms with Gasteiger partial charge in [-0.05, 0) is 37.5 Å². The lowest BCUT2D eigenvalue weighted by molar-refractivity contribution is 0.0945. The summed E-state index contributed by atoms with van der Waals surface area (Å²) in [6.07, 6.45) is 4.21. The molecule has 0 saturated carbocycles.